The van der Waals surface area contributed by atoms with Gasteiger partial charge >= 0.3 is 6.16 Å². The third-order valence-corrected chi connectivity index (χ3v) is 4.00. The number of methoxy groups -OCH3 is 1. The molecule has 18 heavy (non-hydrogen) atoms. The third-order valence-electron chi connectivity index (χ3n) is 4.00. The van der Waals surface area contributed by atoms with Crippen molar-refractivity contribution in [2.75, 3.05) is 20.3 Å². The first-order valence-electron chi connectivity index (χ1n) is 6.96. The number of hydrogen-bond donors (Lipinski definition) is 0. The fourth-order valence-corrected chi connectivity index (χ4v) is 2.75. The van der Waals surface area contributed by atoms with Gasteiger partial charge in [-0.25, -0.2) is 4.79 Å². The Balaban J connectivity index is 2.52. The minimum atomic E-state index is -0.571. The van der Waals surface area contributed by atoms with E-state index in [-0.39, 0.29) is 0 Å². The molecule has 3 atom stereocenters. The molecule has 0 aromatic carbocycles. The average Bonchev–Trinajstić information content (AvgIpc) is 2.79. The molecule has 0 saturated carbocycles. The van der Waals surface area contributed by atoms with Gasteiger partial charge in [-0.2, -0.15) is 0 Å². The molecule has 4 heteroatoms. The largest absolute Gasteiger partial charge is 0.507 e. The summed E-state index contributed by atoms with van der Waals surface area (Å²) in [5, 5.41) is 0. The summed E-state index contributed by atoms with van der Waals surface area (Å²) < 4.78 is 9.58. The normalized spacial score (nSPS) is 26.3. The molecule has 0 aliphatic carbocycles. The predicted octanol–water partition coefficient (Wildman–Crippen LogP) is 2.91. The quantitative estimate of drug-likeness (QED) is 0.710. The summed E-state index contributed by atoms with van der Waals surface area (Å²) in [4.78, 5) is 13.6. The van der Waals surface area contributed by atoms with Crippen LogP contribution in [0, 0.1) is 11.8 Å². The number of nitrogens with zero attached hydrogens (tertiary/aromatic N) is 1. The SMILES string of the molecule is CCC(C)N1CC(COC(=O)OC)CC1C(C)C. The Morgan fingerprint density at radius 2 is 2.06 bits per heavy atom. The Morgan fingerprint density at radius 3 is 2.56 bits per heavy atom. The Kier molecular flexibility index (Phi) is 5.93. The lowest BCUT2D eigenvalue weighted by Gasteiger charge is -2.32. The molecule has 0 spiro atoms. The first kappa shape index (κ1) is 15.3. The highest BCUT2D eigenvalue weighted by Gasteiger charge is 2.36. The number of carbonyl (C=O) groups is 1. The number of rotatable bonds is 5. The summed E-state index contributed by atoms with van der Waals surface area (Å²) in [5.41, 5.74) is 0. The summed E-state index contributed by atoms with van der Waals surface area (Å²) in [7, 11) is 1.35. The molecule has 1 heterocycles. The van der Waals surface area contributed by atoms with Crippen molar-refractivity contribution in [1.82, 2.24) is 4.90 Å². The van der Waals surface area contributed by atoms with Gasteiger partial charge in [-0.1, -0.05) is 20.8 Å². The molecule has 0 N–H and O–H groups in total. The highest BCUT2D eigenvalue weighted by molar-refractivity contribution is 5.59. The van der Waals surface area contributed by atoms with Gasteiger partial charge in [0, 0.05) is 24.5 Å². The van der Waals surface area contributed by atoms with Crippen LogP contribution in [0.5, 0.6) is 0 Å². The molecule has 1 fully saturated rings. The fourth-order valence-electron chi connectivity index (χ4n) is 2.75. The van der Waals surface area contributed by atoms with E-state index in [2.05, 4.69) is 37.3 Å². The molecule has 0 bridgehead atoms. The van der Waals surface area contributed by atoms with Gasteiger partial charge in [-0.15, -0.1) is 0 Å². The lowest BCUT2D eigenvalue weighted by molar-refractivity contribution is 0.0601. The standard InChI is InChI=1S/C14H27NO3/c1-6-11(4)15-8-12(7-13(15)10(2)3)9-18-14(16)17-5/h10-13H,6-9H2,1-5H3. The maximum Gasteiger partial charge on any atom is 0.507 e. The molecule has 1 aliphatic heterocycles. The highest BCUT2D eigenvalue weighted by atomic mass is 16.7. The van der Waals surface area contributed by atoms with Crippen LogP contribution in [0.1, 0.15) is 40.5 Å². The molecule has 0 aromatic heterocycles. The molecule has 106 valence electrons. The second-order valence-corrected chi connectivity index (χ2v) is 5.63. The molecule has 4 nitrogen and oxygen atoms in total. The van der Waals surface area contributed by atoms with E-state index in [4.69, 9.17) is 4.74 Å². The molecule has 0 radical (unpaired) electrons. The Bertz CT molecular complexity index is 268. The monoisotopic (exact) mass is 257 g/mol. The van der Waals surface area contributed by atoms with Crippen LogP contribution in [-0.4, -0.2) is 43.4 Å². The molecule has 0 aromatic rings. The number of hydrogen-bond acceptors (Lipinski definition) is 4. The number of ether oxygens (including phenoxy) is 2. The minimum absolute atomic E-state index is 0.436. The van der Waals surface area contributed by atoms with Crippen molar-refractivity contribution in [2.24, 2.45) is 11.8 Å². The van der Waals surface area contributed by atoms with Crippen molar-refractivity contribution >= 4 is 6.16 Å². The van der Waals surface area contributed by atoms with Gasteiger partial charge in [-0.05, 0) is 25.7 Å². The van der Waals surface area contributed by atoms with Crippen LogP contribution < -0.4 is 0 Å². The van der Waals surface area contributed by atoms with Crippen molar-refractivity contribution in [3.05, 3.63) is 0 Å². The summed E-state index contributed by atoms with van der Waals surface area (Å²) in [5.74, 6) is 1.08. The second kappa shape index (κ2) is 6.98. The van der Waals surface area contributed by atoms with E-state index >= 15 is 0 Å². The minimum Gasteiger partial charge on any atom is -0.438 e. The maximum absolute atomic E-state index is 11.0. The van der Waals surface area contributed by atoms with Crippen molar-refractivity contribution in [3.63, 3.8) is 0 Å². The molecule has 3 unspecified atom stereocenters. The first-order chi connectivity index (χ1) is 8.49. The van der Waals surface area contributed by atoms with E-state index in [1.54, 1.807) is 0 Å². The summed E-state index contributed by atoms with van der Waals surface area (Å²) in [6.45, 7) is 10.5. The smallest absolute Gasteiger partial charge is 0.438 e. The Morgan fingerprint density at radius 1 is 1.39 bits per heavy atom. The Labute approximate surface area is 111 Å². The van der Waals surface area contributed by atoms with Gasteiger partial charge in [0.25, 0.3) is 0 Å². The van der Waals surface area contributed by atoms with Crippen molar-refractivity contribution in [3.8, 4) is 0 Å². The third kappa shape index (κ3) is 3.87. The fraction of sp³-hybridized carbons (Fsp3) is 0.929. The van der Waals surface area contributed by atoms with Crippen LogP contribution in [0.25, 0.3) is 0 Å². The zero-order chi connectivity index (χ0) is 13.7. The van der Waals surface area contributed by atoms with E-state index < -0.39 is 6.16 Å². The van der Waals surface area contributed by atoms with Gasteiger partial charge < -0.3 is 9.47 Å². The molecular formula is C14H27NO3. The summed E-state index contributed by atoms with van der Waals surface area (Å²) in [6, 6.07) is 1.20. The van der Waals surface area contributed by atoms with Crippen molar-refractivity contribution in [1.29, 1.82) is 0 Å². The van der Waals surface area contributed by atoms with E-state index in [0.717, 1.165) is 19.4 Å². The summed E-state index contributed by atoms with van der Waals surface area (Å²) in [6.07, 6.45) is 1.70. The molecule has 1 rings (SSSR count). The molecule has 1 saturated heterocycles. The van der Waals surface area contributed by atoms with E-state index in [0.29, 0.717) is 30.5 Å². The van der Waals surface area contributed by atoms with Crippen LogP contribution in [-0.2, 0) is 9.47 Å². The number of carbonyl (C=O) groups excluding carboxylic acids is 1. The van der Waals surface area contributed by atoms with Crippen LogP contribution in [0.3, 0.4) is 0 Å². The second-order valence-electron chi connectivity index (χ2n) is 5.63. The molecule has 0 amide bonds. The van der Waals surface area contributed by atoms with E-state index in [1.807, 2.05) is 0 Å². The lowest BCUT2D eigenvalue weighted by Crippen LogP contribution is -2.39. The number of likely N-dealkylation sites (tertiary alicyclic amines) is 1. The first-order valence-corrected chi connectivity index (χ1v) is 6.96. The zero-order valence-corrected chi connectivity index (χ0v) is 12.3. The van der Waals surface area contributed by atoms with Gasteiger partial charge in [0.1, 0.15) is 0 Å². The maximum atomic E-state index is 11.0. The van der Waals surface area contributed by atoms with Crippen LogP contribution >= 0.6 is 0 Å². The van der Waals surface area contributed by atoms with Gasteiger partial charge in [-0.3, -0.25) is 4.90 Å². The summed E-state index contributed by atoms with van der Waals surface area (Å²) >= 11 is 0. The van der Waals surface area contributed by atoms with Crippen molar-refractivity contribution in [2.45, 2.75) is 52.6 Å². The highest BCUT2D eigenvalue weighted by Crippen LogP contribution is 2.31. The van der Waals surface area contributed by atoms with Crippen molar-refractivity contribution < 1.29 is 14.3 Å². The van der Waals surface area contributed by atoms with Gasteiger partial charge in [0.15, 0.2) is 0 Å². The van der Waals surface area contributed by atoms with E-state index in [1.165, 1.54) is 7.11 Å². The molecule has 1 aliphatic rings. The predicted molar refractivity (Wildman–Crippen MR) is 71.5 cm³/mol. The van der Waals surface area contributed by atoms with Crippen LogP contribution in [0.15, 0.2) is 0 Å². The average molecular weight is 257 g/mol. The van der Waals surface area contributed by atoms with Gasteiger partial charge in [0.2, 0.25) is 0 Å². The zero-order valence-electron chi connectivity index (χ0n) is 12.3. The van der Waals surface area contributed by atoms with Crippen LogP contribution in [0.4, 0.5) is 4.79 Å². The topological polar surface area (TPSA) is 38.8 Å². The Hall–Kier alpha value is -0.770. The van der Waals surface area contributed by atoms with Gasteiger partial charge in [0.05, 0.1) is 13.7 Å². The molecular weight excluding hydrogens is 230 g/mol. The lowest BCUT2D eigenvalue weighted by atomic mass is 9.97. The van der Waals surface area contributed by atoms with E-state index in [9.17, 15) is 4.79 Å². The van der Waals surface area contributed by atoms with Crippen LogP contribution in [0.2, 0.25) is 0 Å².